The van der Waals surface area contributed by atoms with Crippen LogP contribution in [0.3, 0.4) is 0 Å². The maximum absolute atomic E-state index is 13.7. The number of nitrogens with zero attached hydrogens (tertiary/aromatic N) is 3. The summed E-state index contributed by atoms with van der Waals surface area (Å²) in [7, 11) is 0. The third kappa shape index (κ3) is 7.93. The predicted molar refractivity (Wildman–Crippen MR) is 153 cm³/mol. The lowest BCUT2D eigenvalue weighted by Gasteiger charge is -2.44. The molecule has 2 saturated carbocycles. The second-order valence-electron chi connectivity index (χ2n) is 12.8. The second kappa shape index (κ2) is 13.2. The first-order chi connectivity index (χ1) is 21.2. The molecule has 3 amide bonds. The Morgan fingerprint density at radius 2 is 1.64 bits per heavy atom. The number of carbonyl (C=O) groups excluding carboxylic acids is 3. The van der Waals surface area contributed by atoms with E-state index in [1.807, 2.05) is 12.1 Å². The normalized spacial score (nSPS) is 26.9. The highest BCUT2D eigenvalue weighted by molar-refractivity contribution is 6.06. The van der Waals surface area contributed by atoms with E-state index in [9.17, 15) is 36.3 Å². The van der Waals surface area contributed by atoms with Gasteiger partial charge in [-0.2, -0.15) is 13.2 Å². The molecule has 1 unspecified atom stereocenters. The Labute approximate surface area is 258 Å². The van der Waals surface area contributed by atoms with Crippen LogP contribution in [0.4, 0.5) is 27.6 Å². The van der Waals surface area contributed by atoms with Gasteiger partial charge in [0.2, 0.25) is 11.8 Å². The first-order valence-corrected chi connectivity index (χ1v) is 15.7. The fourth-order valence-corrected chi connectivity index (χ4v) is 7.02. The highest BCUT2D eigenvalue weighted by atomic mass is 19.4. The topological polar surface area (TPSA) is 110 Å². The van der Waals surface area contributed by atoms with Gasteiger partial charge in [-0.15, -0.1) is 0 Å². The second-order valence-corrected chi connectivity index (χ2v) is 12.8. The highest BCUT2D eigenvalue weighted by Crippen LogP contribution is 2.40. The van der Waals surface area contributed by atoms with Crippen molar-refractivity contribution in [2.24, 2.45) is 5.92 Å². The monoisotopic (exact) mass is 642 g/mol. The average molecular weight is 643 g/mol. The Morgan fingerprint density at radius 1 is 1.00 bits per heavy atom. The lowest BCUT2D eigenvalue weighted by molar-refractivity contribution is -0.192. The number of hydrogen-bond acceptors (Lipinski definition) is 6. The number of hydrogen-bond donors (Lipinski definition) is 2. The summed E-state index contributed by atoms with van der Waals surface area (Å²) in [5.41, 5.74) is 2.73. The number of amides is 3. The summed E-state index contributed by atoms with van der Waals surface area (Å²) in [5, 5.41) is 9.52. The highest BCUT2D eigenvalue weighted by Gasteiger charge is 2.42. The molecule has 1 aromatic carbocycles. The van der Waals surface area contributed by atoms with Crippen molar-refractivity contribution in [2.75, 3.05) is 24.5 Å². The van der Waals surface area contributed by atoms with Crippen LogP contribution in [-0.4, -0.2) is 88.5 Å². The van der Waals surface area contributed by atoms with Crippen molar-refractivity contribution in [3.63, 3.8) is 0 Å². The van der Waals surface area contributed by atoms with Crippen molar-refractivity contribution >= 4 is 29.4 Å². The van der Waals surface area contributed by atoms with Gasteiger partial charge in [-0.05, 0) is 56.6 Å². The van der Waals surface area contributed by atoms with Crippen molar-refractivity contribution in [3.8, 4) is 0 Å². The van der Waals surface area contributed by atoms with Crippen LogP contribution in [-0.2, 0) is 20.9 Å². The molecule has 2 saturated heterocycles. The Morgan fingerprint density at radius 3 is 2.22 bits per heavy atom. The van der Waals surface area contributed by atoms with Crippen LogP contribution in [0.15, 0.2) is 18.2 Å². The molecule has 5 aliphatic rings. The Balaban J connectivity index is 0.000000515. The third-order valence-electron chi connectivity index (χ3n) is 9.74. The third-order valence-corrected chi connectivity index (χ3v) is 9.74. The van der Waals surface area contributed by atoms with Crippen molar-refractivity contribution < 1.29 is 46.2 Å². The zero-order valence-corrected chi connectivity index (χ0v) is 25.0. The van der Waals surface area contributed by atoms with E-state index in [-0.39, 0.29) is 37.0 Å². The van der Waals surface area contributed by atoms with Gasteiger partial charge < -0.3 is 14.9 Å². The molecular formula is C31H39F5N4O5. The van der Waals surface area contributed by atoms with Gasteiger partial charge >= 0.3 is 12.1 Å². The summed E-state index contributed by atoms with van der Waals surface area (Å²) < 4.78 is 59.1. The molecule has 0 bridgehead atoms. The number of anilines is 1. The molecule has 4 fully saturated rings. The van der Waals surface area contributed by atoms with E-state index in [1.54, 1.807) is 4.90 Å². The van der Waals surface area contributed by atoms with E-state index >= 15 is 0 Å². The van der Waals surface area contributed by atoms with Crippen LogP contribution in [0.1, 0.15) is 86.6 Å². The number of rotatable bonds is 7. The summed E-state index contributed by atoms with van der Waals surface area (Å²) in [6, 6.07) is 6.03. The van der Waals surface area contributed by atoms with Crippen molar-refractivity contribution in [2.45, 2.75) is 107 Å². The zero-order chi connectivity index (χ0) is 32.5. The SMILES string of the molecule is O=C(O)C(F)(F)F.O=C1CCC(N2Cc3c(cccc3N(CCC3CC3)C3CCC(N4CCC(F)(F)CC4)CC3)C2=O)C(=O)N1. The Hall–Kier alpha value is -3.29. The van der Waals surface area contributed by atoms with Crippen LogP contribution in [0.5, 0.6) is 0 Å². The fraction of sp³-hybridized carbons (Fsp3) is 0.677. The van der Waals surface area contributed by atoms with Crippen molar-refractivity contribution in [1.82, 2.24) is 15.1 Å². The summed E-state index contributed by atoms with van der Waals surface area (Å²) in [6.45, 7) is 2.29. The molecule has 6 rings (SSSR count). The smallest absolute Gasteiger partial charge is 0.475 e. The Bertz CT molecular complexity index is 1290. The zero-order valence-electron chi connectivity index (χ0n) is 25.0. The number of benzene rings is 1. The van der Waals surface area contributed by atoms with E-state index < -0.39 is 24.1 Å². The van der Waals surface area contributed by atoms with Gasteiger partial charge in [0.25, 0.3) is 11.8 Å². The summed E-state index contributed by atoms with van der Waals surface area (Å²) in [5.74, 6) is -5.29. The lowest BCUT2D eigenvalue weighted by Crippen LogP contribution is -2.52. The van der Waals surface area contributed by atoms with Crippen molar-refractivity contribution in [1.29, 1.82) is 0 Å². The van der Waals surface area contributed by atoms with Crippen LogP contribution < -0.4 is 10.2 Å². The van der Waals surface area contributed by atoms with Crippen LogP contribution in [0.2, 0.25) is 0 Å². The van der Waals surface area contributed by atoms with E-state index in [0.29, 0.717) is 43.7 Å². The number of imide groups is 1. The molecule has 9 nitrogen and oxygen atoms in total. The summed E-state index contributed by atoms with van der Waals surface area (Å²) in [6.07, 6.45) is 3.20. The van der Waals surface area contributed by atoms with Gasteiger partial charge in [0.15, 0.2) is 0 Å². The molecule has 0 aromatic heterocycles. The van der Waals surface area contributed by atoms with E-state index in [1.165, 1.54) is 12.8 Å². The van der Waals surface area contributed by atoms with Gasteiger partial charge in [0.1, 0.15) is 6.04 Å². The van der Waals surface area contributed by atoms with E-state index in [2.05, 4.69) is 21.2 Å². The number of halogens is 5. The van der Waals surface area contributed by atoms with E-state index in [4.69, 9.17) is 9.90 Å². The minimum absolute atomic E-state index is 0.0334. The van der Waals surface area contributed by atoms with Gasteiger partial charge in [0, 0.05) is 74.3 Å². The number of piperidine rings is 2. The quantitative estimate of drug-likeness (QED) is 0.327. The Kier molecular flexibility index (Phi) is 9.71. The minimum Gasteiger partial charge on any atom is -0.475 e. The van der Waals surface area contributed by atoms with E-state index in [0.717, 1.165) is 55.8 Å². The first kappa shape index (κ1) is 33.1. The van der Waals surface area contributed by atoms with Gasteiger partial charge in [0.05, 0.1) is 0 Å². The molecule has 1 atom stereocenters. The fourth-order valence-electron chi connectivity index (χ4n) is 7.02. The van der Waals surface area contributed by atoms with Gasteiger partial charge in [-0.3, -0.25) is 24.6 Å². The van der Waals surface area contributed by atoms with Crippen LogP contribution in [0, 0.1) is 5.92 Å². The largest absolute Gasteiger partial charge is 0.490 e. The standard InChI is InChI=1S/C29H38F2N4O3.C2HF3O2/c30-29(31)13-16-33(17-14-29)20-6-8-21(9-7-20)34(15-12-19-4-5-19)24-3-1-2-22-23(24)18-35(28(22)38)25-10-11-26(36)32-27(25)37;3-2(4,5)1(6)7/h1-3,19-21,25H,4-18H2,(H,32,36,37);(H,6,7). The van der Waals surface area contributed by atoms with Gasteiger partial charge in [-0.25, -0.2) is 13.6 Å². The molecule has 0 spiro atoms. The maximum Gasteiger partial charge on any atom is 0.490 e. The molecule has 3 heterocycles. The number of carbonyl (C=O) groups is 4. The number of carboxylic acid groups (broad SMARTS) is 1. The van der Waals surface area contributed by atoms with Crippen molar-refractivity contribution in [3.05, 3.63) is 29.3 Å². The minimum atomic E-state index is -5.08. The molecular weight excluding hydrogens is 603 g/mol. The number of aliphatic carboxylic acids is 1. The number of fused-ring (bicyclic) bond motifs is 1. The molecule has 45 heavy (non-hydrogen) atoms. The number of likely N-dealkylation sites (tertiary alicyclic amines) is 1. The first-order valence-electron chi connectivity index (χ1n) is 15.7. The molecule has 2 N–H and O–H groups in total. The van der Waals surface area contributed by atoms with Gasteiger partial charge in [-0.1, -0.05) is 18.9 Å². The molecule has 3 aliphatic heterocycles. The predicted octanol–water partition coefficient (Wildman–Crippen LogP) is 4.73. The summed E-state index contributed by atoms with van der Waals surface area (Å²) in [4.78, 5) is 52.9. The van der Waals surface area contributed by atoms with Crippen LogP contribution >= 0.6 is 0 Å². The molecule has 0 radical (unpaired) electrons. The lowest BCUT2D eigenvalue weighted by atomic mass is 9.87. The molecule has 1 aromatic rings. The maximum atomic E-state index is 13.7. The molecule has 248 valence electrons. The summed E-state index contributed by atoms with van der Waals surface area (Å²) >= 11 is 0. The molecule has 14 heteroatoms. The average Bonchev–Trinajstić information content (AvgIpc) is 3.75. The molecule has 2 aliphatic carbocycles. The number of nitrogens with one attached hydrogen (secondary N) is 1. The number of alkyl halides is 5. The van der Waals surface area contributed by atoms with Crippen LogP contribution in [0.25, 0.3) is 0 Å². The number of carboxylic acids is 1.